The number of benzene rings is 2. The predicted octanol–water partition coefficient (Wildman–Crippen LogP) is 4.10. The first kappa shape index (κ1) is 25.8. The van der Waals surface area contributed by atoms with Crippen LogP contribution in [0.25, 0.3) is 11.3 Å². The van der Waals surface area contributed by atoms with Gasteiger partial charge in [0, 0.05) is 61.7 Å². The molecule has 1 aliphatic rings. The average molecular weight is 534 g/mol. The standard InChI is InChI=1S/C27H28FN7O2S/c1-34(19-23-18-29-14-15-30-23)24-11-16-35(17-12-24)38(36,37)25-8-6-22(7-9-25)32-27-31-13-10-26(33-27)20-2-4-21(28)5-3-20/h2-10,13-15,18,24H,11-12,16-17,19H2,1H3,(H,31,32,33). The van der Waals surface area contributed by atoms with E-state index in [2.05, 4.69) is 30.2 Å². The number of aromatic nitrogens is 4. The molecule has 0 saturated carbocycles. The van der Waals surface area contributed by atoms with Gasteiger partial charge in [-0.2, -0.15) is 4.31 Å². The van der Waals surface area contributed by atoms with Gasteiger partial charge < -0.3 is 5.32 Å². The molecule has 1 fully saturated rings. The van der Waals surface area contributed by atoms with E-state index in [1.165, 1.54) is 12.1 Å². The minimum absolute atomic E-state index is 0.246. The van der Waals surface area contributed by atoms with Crippen molar-refractivity contribution < 1.29 is 12.8 Å². The van der Waals surface area contributed by atoms with E-state index < -0.39 is 10.0 Å². The number of nitrogens with zero attached hydrogens (tertiary/aromatic N) is 6. The van der Waals surface area contributed by atoms with Gasteiger partial charge in [0.1, 0.15) is 5.82 Å². The van der Waals surface area contributed by atoms with Crippen LogP contribution in [0.2, 0.25) is 0 Å². The molecule has 0 bridgehead atoms. The molecule has 3 heterocycles. The Morgan fingerprint density at radius 1 is 0.974 bits per heavy atom. The fraction of sp³-hybridized carbons (Fsp3) is 0.259. The largest absolute Gasteiger partial charge is 0.324 e. The van der Waals surface area contributed by atoms with E-state index in [-0.39, 0.29) is 16.8 Å². The van der Waals surface area contributed by atoms with Crippen molar-refractivity contribution in [3.05, 3.63) is 90.9 Å². The van der Waals surface area contributed by atoms with Crippen LogP contribution in [0.3, 0.4) is 0 Å². The molecule has 2 aromatic carbocycles. The van der Waals surface area contributed by atoms with Crippen LogP contribution in [-0.4, -0.2) is 63.7 Å². The first-order chi connectivity index (χ1) is 18.4. The molecule has 0 unspecified atom stereocenters. The summed E-state index contributed by atoms with van der Waals surface area (Å²) in [6.45, 7) is 1.60. The zero-order valence-corrected chi connectivity index (χ0v) is 21.7. The molecule has 0 amide bonds. The Bertz CT molecular complexity index is 1460. The second-order valence-corrected chi connectivity index (χ2v) is 11.1. The Kier molecular flexibility index (Phi) is 7.68. The van der Waals surface area contributed by atoms with Gasteiger partial charge in [0.25, 0.3) is 0 Å². The van der Waals surface area contributed by atoms with Crippen LogP contribution in [0.1, 0.15) is 18.5 Å². The Morgan fingerprint density at radius 3 is 2.39 bits per heavy atom. The predicted molar refractivity (Wildman–Crippen MR) is 142 cm³/mol. The topological polar surface area (TPSA) is 104 Å². The van der Waals surface area contributed by atoms with E-state index in [1.54, 1.807) is 71.6 Å². The van der Waals surface area contributed by atoms with Gasteiger partial charge >= 0.3 is 0 Å². The number of hydrogen-bond acceptors (Lipinski definition) is 8. The summed E-state index contributed by atoms with van der Waals surface area (Å²) in [5.74, 6) is 0.0430. The highest BCUT2D eigenvalue weighted by molar-refractivity contribution is 7.89. The van der Waals surface area contributed by atoms with Crippen molar-refractivity contribution in [3.8, 4) is 11.3 Å². The van der Waals surface area contributed by atoms with Gasteiger partial charge in [-0.3, -0.25) is 14.9 Å². The van der Waals surface area contributed by atoms with E-state index in [4.69, 9.17) is 0 Å². The molecular formula is C27H28FN7O2S. The minimum atomic E-state index is -3.60. The molecule has 2 aromatic heterocycles. The smallest absolute Gasteiger partial charge is 0.243 e. The first-order valence-electron chi connectivity index (χ1n) is 12.3. The summed E-state index contributed by atoms with van der Waals surface area (Å²) < 4.78 is 41.3. The Balaban J connectivity index is 1.20. The maximum atomic E-state index is 13.3. The van der Waals surface area contributed by atoms with Crippen molar-refractivity contribution in [3.63, 3.8) is 0 Å². The van der Waals surface area contributed by atoms with Gasteiger partial charge in [-0.05, 0) is 74.5 Å². The molecule has 1 saturated heterocycles. The summed E-state index contributed by atoms with van der Waals surface area (Å²) in [4.78, 5) is 19.6. The SMILES string of the molecule is CN(Cc1cnccn1)C1CCN(S(=O)(=O)c2ccc(Nc3nccc(-c4ccc(F)cc4)n3)cc2)CC1. The molecule has 11 heteroatoms. The van der Waals surface area contributed by atoms with Crippen molar-refractivity contribution in [2.75, 3.05) is 25.5 Å². The molecule has 38 heavy (non-hydrogen) atoms. The van der Waals surface area contributed by atoms with Gasteiger partial charge in [0.05, 0.1) is 16.3 Å². The fourth-order valence-electron chi connectivity index (χ4n) is 4.51. The maximum absolute atomic E-state index is 13.3. The fourth-order valence-corrected chi connectivity index (χ4v) is 5.98. The molecule has 0 aliphatic carbocycles. The number of rotatable bonds is 8. The monoisotopic (exact) mass is 533 g/mol. The average Bonchev–Trinajstić information content (AvgIpc) is 2.94. The second kappa shape index (κ2) is 11.3. The van der Waals surface area contributed by atoms with E-state index in [0.717, 1.165) is 24.1 Å². The van der Waals surface area contributed by atoms with E-state index in [1.807, 2.05) is 7.05 Å². The molecule has 196 valence electrons. The van der Waals surface area contributed by atoms with Gasteiger partial charge in [-0.1, -0.05) is 0 Å². The second-order valence-electron chi connectivity index (χ2n) is 9.17. The van der Waals surface area contributed by atoms with Crippen molar-refractivity contribution in [1.82, 2.24) is 29.1 Å². The van der Waals surface area contributed by atoms with Crippen molar-refractivity contribution in [2.24, 2.45) is 0 Å². The summed E-state index contributed by atoms with van der Waals surface area (Å²) in [5.41, 5.74) is 2.96. The molecule has 4 aromatic rings. The summed E-state index contributed by atoms with van der Waals surface area (Å²) in [5, 5.41) is 3.10. The number of sulfonamides is 1. The van der Waals surface area contributed by atoms with Crippen LogP contribution >= 0.6 is 0 Å². The van der Waals surface area contributed by atoms with Crippen LogP contribution < -0.4 is 5.32 Å². The lowest BCUT2D eigenvalue weighted by atomic mass is 10.1. The lowest BCUT2D eigenvalue weighted by Gasteiger charge is -2.36. The molecule has 1 aliphatic heterocycles. The highest BCUT2D eigenvalue weighted by Crippen LogP contribution is 2.25. The van der Waals surface area contributed by atoms with Crippen LogP contribution in [-0.2, 0) is 16.6 Å². The summed E-state index contributed by atoms with van der Waals surface area (Å²) in [7, 11) is -1.57. The highest BCUT2D eigenvalue weighted by atomic mass is 32.2. The summed E-state index contributed by atoms with van der Waals surface area (Å²) in [6, 6.07) is 14.7. The van der Waals surface area contributed by atoms with Gasteiger partial charge in [-0.15, -0.1) is 0 Å². The van der Waals surface area contributed by atoms with E-state index >= 15 is 0 Å². The third kappa shape index (κ3) is 6.01. The van der Waals surface area contributed by atoms with E-state index in [0.29, 0.717) is 37.0 Å². The number of piperidine rings is 1. The van der Waals surface area contributed by atoms with Gasteiger partial charge in [0.2, 0.25) is 16.0 Å². The third-order valence-electron chi connectivity index (χ3n) is 6.62. The molecule has 5 rings (SSSR count). The summed E-state index contributed by atoms with van der Waals surface area (Å²) >= 11 is 0. The Labute approximate surface area is 221 Å². The molecule has 0 radical (unpaired) electrons. The summed E-state index contributed by atoms with van der Waals surface area (Å²) in [6.07, 6.45) is 8.19. The Hall–Kier alpha value is -3.80. The molecule has 1 N–H and O–H groups in total. The highest BCUT2D eigenvalue weighted by Gasteiger charge is 2.30. The van der Waals surface area contributed by atoms with Crippen molar-refractivity contribution >= 4 is 21.7 Å². The van der Waals surface area contributed by atoms with Gasteiger partial charge in [-0.25, -0.2) is 22.8 Å². The lowest BCUT2D eigenvalue weighted by molar-refractivity contribution is 0.160. The molecule has 0 spiro atoms. The van der Waals surface area contributed by atoms with Crippen LogP contribution in [0.5, 0.6) is 0 Å². The van der Waals surface area contributed by atoms with Crippen LogP contribution in [0, 0.1) is 5.82 Å². The quantitative estimate of drug-likeness (QED) is 0.361. The first-order valence-corrected chi connectivity index (χ1v) is 13.7. The van der Waals surface area contributed by atoms with Gasteiger partial charge in [0.15, 0.2) is 0 Å². The number of nitrogens with one attached hydrogen (secondary N) is 1. The van der Waals surface area contributed by atoms with E-state index in [9.17, 15) is 12.8 Å². The van der Waals surface area contributed by atoms with Crippen LogP contribution in [0.15, 0.2) is 84.3 Å². The maximum Gasteiger partial charge on any atom is 0.243 e. The van der Waals surface area contributed by atoms with Crippen molar-refractivity contribution in [1.29, 1.82) is 0 Å². The zero-order chi connectivity index (χ0) is 26.5. The molecule has 9 nitrogen and oxygen atoms in total. The number of anilines is 2. The third-order valence-corrected chi connectivity index (χ3v) is 8.53. The zero-order valence-electron chi connectivity index (χ0n) is 20.9. The van der Waals surface area contributed by atoms with Crippen molar-refractivity contribution in [2.45, 2.75) is 30.3 Å². The normalized spacial score (nSPS) is 15.0. The number of hydrogen-bond donors (Lipinski definition) is 1. The number of halogens is 1. The van der Waals surface area contributed by atoms with Crippen LogP contribution in [0.4, 0.5) is 16.0 Å². The minimum Gasteiger partial charge on any atom is -0.324 e. The Morgan fingerprint density at radius 2 is 1.71 bits per heavy atom. The lowest BCUT2D eigenvalue weighted by Crippen LogP contribution is -2.45. The molecular weight excluding hydrogens is 505 g/mol. The molecule has 0 atom stereocenters.